The van der Waals surface area contributed by atoms with Crippen molar-refractivity contribution in [1.82, 2.24) is 5.32 Å². The Morgan fingerprint density at radius 1 is 1.20 bits per heavy atom. The smallest absolute Gasteiger partial charge is 0.397 e. The number of hydrogen-bond donors (Lipinski definition) is 3. The summed E-state index contributed by atoms with van der Waals surface area (Å²) in [5, 5.41) is 5.48. The molecule has 4 N–H and O–H groups in total. The second-order valence-electron chi connectivity index (χ2n) is 5.25. The van der Waals surface area contributed by atoms with Crippen LogP contribution in [0, 0.1) is 0 Å². The third-order valence-electron chi connectivity index (χ3n) is 3.37. The number of amides is 1. The number of nitrogens with one attached hydrogen (secondary N) is 2. The van der Waals surface area contributed by atoms with Gasteiger partial charge in [-0.2, -0.15) is 13.2 Å². The summed E-state index contributed by atoms with van der Waals surface area (Å²) in [5.41, 5.74) is 6.39. The number of nitrogens with two attached hydrogens (primary N) is 1. The quantitative estimate of drug-likeness (QED) is 0.549. The molecule has 2 aromatic rings. The first kappa shape index (κ1) is 18.6. The van der Waals surface area contributed by atoms with Gasteiger partial charge in [0, 0.05) is 24.9 Å². The second kappa shape index (κ2) is 7.89. The number of carbonyl (C=O) groups excluding carboxylic acids is 1. The molecule has 0 fully saturated rings. The Bertz CT molecular complexity index is 748. The number of carbonyl (C=O) groups is 1. The number of ether oxygens (including phenoxy) is 1. The number of alkyl halides is 3. The fourth-order valence-corrected chi connectivity index (χ4v) is 2.12. The van der Waals surface area contributed by atoms with Crippen molar-refractivity contribution in [3.8, 4) is 0 Å². The van der Waals surface area contributed by atoms with Crippen LogP contribution in [0.5, 0.6) is 0 Å². The van der Waals surface area contributed by atoms with Gasteiger partial charge >= 0.3 is 6.18 Å². The fourth-order valence-electron chi connectivity index (χ4n) is 2.12. The van der Waals surface area contributed by atoms with Gasteiger partial charge in [-0.15, -0.1) is 0 Å². The van der Waals surface area contributed by atoms with Gasteiger partial charge in [-0.25, -0.2) is 0 Å². The highest BCUT2D eigenvalue weighted by Crippen LogP contribution is 2.32. The van der Waals surface area contributed by atoms with Crippen molar-refractivity contribution < 1.29 is 22.7 Å². The van der Waals surface area contributed by atoms with Gasteiger partial charge < -0.3 is 21.1 Å². The van der Waals surface area contributed by atoms with Gasteiger partial charge in [0.05, 0.1) is 23.5 Å². The van der Waals surface area contributed by atoms with E-state index in [9.17, 15) is 18.0 Å². The normalized spacial score (nSPS) is 11.2. The summed E-state index contributed by atoms with van der Waals surface area (Å²) < 4.78 is 43.1. The molecule has 25 heavy (non-hydrogen) atoms. The summed E-state index contributed by atoms with van der Waals surface area (Å²) >= 11 is 0. The molecule has 0 radical (unpaired) electrons. The van der Waals surface area contributed by atoms with Gasteiger partial charge in [-0.1, -0.05) is 6.07 Å². The zero-order valence-corrected chi connectivity index (χ0v) is 13.5. The molecule has 0 bridgehead atoms. The standard InChI is InChI=1S/C17H18F3N3O2/c1-25-8-7-22-16(24)11-5-6-15(14(21)9-11)23-13-4-2-3-12(10-13)17(18,19)20/h2-6,9-10,23H,7-8,21H2,1H3,(H,22,24). The molecule has 0 heterocycles. The van der Waals surface area contributed by atoms with Crippen LogP contribution in [0.2, 0.25) is 0 Å². The topological polar surface area (TPSA) is 76.4 Å². The first-order valence-electron chi connectivity index (χ1n) is 7.42. The molecule has 2 rings (SSSR count). The van der Waals surface area contributed by atoms with Crippen molar-refractivity contribution in [1.29, 1.82) is 0 Å². The van der Waals surface area contributed by atoms with Crippen LogP contribution in [0.25, 0.3) is 0 Å². The lowest BCUT2D eigenvalue weighted by Gasteiger charge is -2.13. The Labute approximate surface area is 143 Å². The monoisotopic (exact) mass is 353 g/mol. The number of benzene rings is 2. The van der Waals surface area contributed by atoms with E-state index in [0.717, 1.165) is 12.1 Å². The van der Waals surface area contributed by atoms with Crippen molar-refractivity contribution in [3.63, 3.8) is 0 Å². The van der Waals surface area contributed by atoms with Crippen molar-refractivity contribution in [2.75, 3.05) is 31.3 Å². The SMILES string of the molecule is COCCNC(=O)c1ccc(Nc2cccc(C(F)(F)F)c2)c(N)c1. The molecule has 0 aliphatic heterocycles. The molecule has 134 valence electrons. The number of hydrogen-bond acceptors (Lipinski definition) is 4. The maximum atomic E-state index is 12.7. The van der Waals surface area contributed by atoms with Crippen molar-refractivity contribution in [2.24, 2.45) is 0 Å². The largest absolute Gasteiger partial charge is 0.416 e. The Hall–Kier alpha value is -2.74. The number of rotatable bonds is 6. The maximum absolute atomic E-state index is 12.7. The van der Waals surface area contributed by atoms with Gasteiger partial charge in [0.25, 0.3) is 5.91 Å². The lowest BCUT2D eigenvalue weighted by atomic mass is 10.1. The molecular weight excluding hydrogens is 335 g/mol. The minimum atomic E-state index is -4.42. The predicted octanol–water partition coefficient (Wildman–Crippen LogP) is 3.41. The molecule has 0 atom stereocenters. The summed E-state index contributed by atoms with van der Waals surface area (Å²) in [7, 11) is 1.53. The highest BCUT2D eigenvalue weighted by atomic mass is 19.4. The van der Waals surface area contributed by atoms with E-state index in [0.29, 0.717) is 24.4 Å². The lowest BCUT2D eigenvalue weighted by molar-refractivity contribution is -0.137. The van der Waals surface area contributed by atoms with Gasteiger partial charge in [-0.05, 0) is 36.4 Å². The highest BCUT2D eigenvalue weighted by molar-refractivity contribution is 5.96. The van der Waals surface area contributed by atoms with Gasteiger partial charge in [0.1, 0.15) is 0 Å². The van der Waals surface area contributed by atoms with E-state index in [1.807, 2.05) is 0 Å². The molecular formula is C17H18F3N3O2. The molecule has 2 aromatic carbocycles. The maximum Gasteiger partial charge on any atom is 0.416 e. The van der Waals surface area contributed by atoms with Crippen molar-refractivity contribution in [2.45, 2.75) is 6.18 Å². The van der Waals surface area contributed by atoms with E-state index in [-0.39, 0.29) is 17.3 Å². The van der Waals surface area contributed by atoms with Gasteiger partial charge in [0.15, 0.2) is 0 Å². The molecule has 0 aliphatic carbocycles. The van der Waals surface area contributed by atoms with Crippen LogP contribution in [0.1, 0.15) is 15.9 Å². The second-order valence-corrected chi connectivity index (χ2v) is 5.25. The summed E-state index contributed by atoms with van der Waals surface area (Å²) in [6.07, 6.45) is -4.42. The van der Waals surface area contributed by atoms with Crippen LogP contribution in [0.3, 0.4) is 0 Å². The molecule has 0 aliphatic rings. The average molecular weight is 353 g/mol. The first-order chi connectivity index (χ1) is 11.8. The van der Waals surface area contributed by atoms with Crippen LogP contribution < -0.4 is 16.4 Å². The third-order valence-corrected chi connectivity index (χ3v) is 3.37. The molecule has 0 saturated carbocycles. The van der Waals surface area contributed by atoms with E-state index >= 15 is 0 Å². The minimum absolute atomic E-state index is 0.247. The number of anilines is 3. The predicted molar refractivity (Wildman–Crippen MR) is 89.8 cm³/mol. The molecule has 8 heteroatoms. The summed E-state index contributed by atoms with van der Waals surface area (Å²) in [4.78, 5) is 11.9. The van der Waals surface area contributed by atoms with Crippen molar-refractivity contribution >= 4 is 23.0 Å². The van der Waals surface area contributed by atoms with Crippen LogP contribution in [-0.2, 0) is 10.9 Å². The van der Waals surface area contributed by atoms with E-state index < -0.39 is 11.7 Å². The first-order valence-corrected chi connectivity index (χ1v) is 7.42. The van der Waals surface area contributed by atoms with Gasteiger partial charge in [-0.3, -0.25) is 4.79 Å². The van der Waals surface area contributed by atoms with Crippen LogP contribution >= 0.6 is 0 Å². The zero-order chi connectivity index (χ0) is 18.4. The Balaban J connectivity index is 2.12. The molecule has 5 nitrogen and oxygen atoms in total. The zero-order valence-electron chi connectivity index (χ0n) is 13.5. The highest BCUT2D eigenvalue weighted by Gasteiger charge is 2.30. The van der Waals surface area contributed by atoms with Crippen LogP contribution in [0.4, 0.5) is 30.2 Å². The Kier molecular flexibility index (Phi) is 5.87. The molecule has 0 unspecified atom stereocenters. The van der Waals surface area contributed by atoms with E-state index in [2.05, 4.69) is 10.6 Å². The summed E-state index contributed by atoms with van der Waals surface area (Å²) in [5.74, 6) is -0.311. The van der Waals surface area contributed by atoms with Crippen molar-refractivity contribution in [3.05, 3.63) is 53.6 Å². The molecule has 0 spiro atoms. The lowest BCUT2D eigenvalue weighted by Crippen LogP contribution is -2.27. The summed E-state index contributed by atoms with van der Waals surface area (Å²) in [6.45, 7) is 0.746. The molecule has 0 saturated heterocycles. The third kappa shape index (κ3) is 5.12. The number of methoxy groups -OCH3 is 1. The Morgan fingerprint density at radius 2 is 1.96 bits per heavy atom. The van der Waals surface area contributed by atoms with E-state index in [1.54, 1.807) is 6.07 Å². The molecule has 1 amide bonds. The van der Waals surface area contributed by atoms with E-state index in [4.69, 9.17) is 10.5 Å². The van der Waals surface area contributed by atoms with E-state index in [1.165, 1.54) is 31.4 Å². The number of nitrogen functional groups attached to an aromatic ring is 1. The van der Waals surface area contributed by atoms with Gasteiger partial charge in [0.2, 0.25) is 0 Å². The molecule has 0 aromatic heterocycles. The Morgan fingerprint density at radius 3 is 2.60 bits per heavy atom. The fraction of sp³-hybridized carbons (Fsp3) is 0.235. The minimum Gasteiger partial charge on any atom is -0.397 e. The van der Waals surface area contributed by atoms with Crippen LogP contribution in [-0.4, -0.2) is 26.2 Å². The summed E-state index contributed by atoms with van der Waals surface area (Å²) in [6, 6.07) is 9.32. The number of halogens is 3. The van der Waals surface area contributed by atoms with Crippen LogP contribution in [0.15, 0.2) is 42.5 Å². The average Bonchev–Trinajstić information content (AvgIpc) is 2.56.